The van der Waals surface area contributed by atoms with E-state index in [1.807, 2.05) is 38.1 Å². The van der Waals surface area contributed by atoms with Crippen LogP contribution < -0.4 is 10.5 Å². The first-order valence-electron chi connectivity index (χ1n) is 10.9. The van der Waals surface area contributed by atoms with Gasteiger partial charge in [0.15, 0.2) is 0 Å². The molecule has 0 radical (unpaired) electrons. The Balaban J connectivity index is 1.42. The normalized spacial score (nSPS) is 21.9. The van der Waals surface area contributed by atoms with Crippen LogP contribution in [-0.2, 0) is 24.2 Å². The minimum absolute atomic E-state index is 0.0422. The summed E-state index contributed by atoms with van der Waals surface area (Å²) in [7, 11) is 0. The highest BCUT2D eigenvalue weighted by Gasteiger charge is 2.27. The van der Waals surface area contributed by atoms with E-state index in [-0.39, 0.29) is 17.8 Å². The average Bonchev–Trinajstić information content (AvgIpc) is 2.75. The lowest BCUT2D eigenvalue weighted by atomic mass is 10.0. The Kier molecular flexibility index (Phi) is 5.16. The van der Waals surface area contributed by atoms with Crippen molar-refractivity contribution in [2.45, 2.75) is 45.6 Å². The van der Waals surface area contributed by atoms with Gasteiger partial charge in [0.2, 0.25) is 5.95 Å². The van der Waals surface area contributed by atoms with Gasteiger partial charge in [-0.25, -0.2) is 4.98 Å². The maximum absolute atomic E-state index is 12.8. The molecule has 1 aromatic heterocycles. The number of phenols is 1. The zero-order chi connectivity index (χ0) is 21.5. The van der Waals surface area contributed by atoms with Crippen LogP contribution in [0.25, 0.3) is 10.8 Å². The van der Waals surface area contributed by atoms with Gasteiger partial charge in [-0.1, -0.05) is 30.3 Å². The van der Waals surface area contributed by atoms with Crippen molar-refractivity contribution >= 4 is 16.7 Å². The van der Waals surface area contributed by atoms with Gasteiger partial charge >= 0.3 is 0 Å². The number of nitrogens with one attached hydrogen (secondary N) is 1. The smallest absolute Gasteiger partial charge is 0.255 e. The molecule has 31 heavy (non-hydrogen) atoms. The van der Waals surface area contributed by atoms with Crippen molar-refractivity contribution in [3.8, 4) is 5.75 Å². The first-order chi connectivity index (χ1) is 15.0. The Hall–Kier alpha value is -2.90. The first kappa shape index (κ1) is 20.0. The van der Waals surface area contributed by atoms with Gasteiger partial charge in [-0.15, -0.1) is 0 Å². The first-order valence-corrected chi connectivity index (χ1v) is 10.9. The fraction of sp³-hybridized carbons (Fsp3) is 0.417. The van der Waals surface area contributed by atoms with Crippen molar-refractivity contribution in [1.82, 2.24) is 14.9 Å². The van der Waals surface area contributed by atoms with Crippen LogP contribution in [0, 0.1) is 0 Å². The van der Waals surface area contributed by atoms with E-state index in [2.05, 4.69) is 20.9 Å². The van der Waals surface area contributed by atoms with Crippen molar-refractivity contribution < 1.29 is 9.84 Å². The Morgan fingerprint density at radius 2 is 1.94 bits per heavy atom. The molecule has 0 amide bonds. The van der Waals surface area contributed by atoms with Crippen molar-refractivity contribution in [3.63, 3.8) is 0 Å². The lowest BCUT2D eigenvalue weighted by molar-refractivity contribution is -0.00576. The number of nitrogens with zero attached hydrogens (tertiary/aromatic N) is 3. The molecular formula is C24H28N4O3. The van der Waals surface area contributed by atoms with Crippen LogP contribution in [0.3, 0.4) is 0 Å². The van der Waals surface area contributed by atoms with Gasteiger partial charge in [-0.3, -0.25) is 14.7 Å². The lowest BCUT2D eigenvalue weighted by Gasteiger charge is -2.36. The minimum atomic E-state index is -0.0422. The van der Waals surface area contributed by atoms with Crippen LogP contribution in [0.1, 0.15) is 30.7 Å². The number of fused-ring (bicyclic) bond motifs is 2. The van der Waals surface area contributed by atoms with Crippen LogP contribution >= 0.6 is 0 Å². The van der Waals surface area contributed by atoms with E-state index in [9.17, 15) is 9.90 Å². The number of morpholine rings is 1. The van der Waals surface area contributed by atoms with E-state index >= 15 is 0 Å². The molecule has 2 aromatic carbocycles. The van der Waals surface area contributed by atoms with Crippen molar-refractivity contribution in [2.75, 3.05) is 24.5 Å². The van der Waals surface area contributed by atoms with Gasteiger partial charge in [-0.05, 0) is 37.1 Å². The summed E-state index contributed by atoms with van der Waals surface area (Å²) in [6, 6.07) is 11.8. The minimum Gasteiger partial charge on any atom is -0.508 e. The molecule has 162 valence electrons. The molecule has 7 heteroatoms. The van der Waals surface area contributed by atoms with Gasteiger partial charge < -0.3 is 14.7 Å². The molecule has 2 N–H and O–H groups in total. The molecule has 1 saturated heterocycles. The number of hydrogen-bond acceptors (Lipinski definition) is 6. The molecule has 0 bridgehead atoms. The molecule has 1 fully saturated rings. The third-order valence-corrected chi connectivity index (χ3v) is 6.26. The summed E-state index contributed by atoms with van der Waals surface area (Å²) in [6.45, 7) is 7.45. The van der Waals surface area contributed by atoms with Crippen LogP contribution in [0.2, 0.25) is 0 Å². The second kappa shape index (κ2) is 7.98. The molecule has 5 rings (SSSR count). The summed E-state index contributed by atoms with van der Waals surface area (Å²) in [4.78, 5) is 25.0. The van der Waals surface area contributed by atoms with E-state index < -0.39 is 0 Å². The van der Waals surface area contributed by atoms with Crippen LogP contribution in [-0.4, -0.2) is 51.8 Å². The number of aromatic nitrogens is 2. The summed E-state index contributed by atoms with van der Waals surface area (Å²) in [6.07, 6.45) is 0.839. The van der Waals surface area contributed by atoms with Gasteiger partial charge in [0, 0.05) is 43.9 Å². The molecule has 0 aliphatic carbocycles. The molecule has 0 spiro atoms. The highest BCUT2D eigenvalue weighted by molar-refractivity contribution is 5.87. The number of ether oxygens (including phenoxy) is 1. The van der Waals surface area contributed by atoms with Crippen molar-refractivity contribution in [2.24, 2.45) is 0 Å². The maximum atomic E-state index is 12.8. The summed E-state index contributed by atoms with van der Waals surface area (Å²) in [5, 5.41) is 12.7. The summed E-state index contributed by atoms with van der Waals surface area (Å²) >= 11 is 0. The average molecular weight is 421 g/mol. The van der Waals surface area contributed by atoms with Gasteiger partial charge in [0.1, 0.15) is 5.75 Å². The largest absolute Gasteiger partial charge is 0.508 e. The lowest BCUT2D eigenvalue weighted by Crippen LogP contribution is -2.47. The molecule has 2 aliphatic heterocycles. The fourth-order valence-corrected chi connectivity index (χ4v) is 4.83. The number of phenolic OH excluding ortho intramolecular Hbond substituents is 1. The molecule has 3 heterocycles. The number of aromatic amines is 1. The van der Waals surface area contributed by atoms with Crippen molar-refractivity contribution in [3.05, 3.63) is 63.6 Å². The number of rotatable bonds is 3. The number of H-pyrrole nitrogens is 1. The molecule has 3 aromatic rings. The van der Waals surface area contributed by atoms with Crippen LogP contribution in [0.5, 0.6) is 5.75 Å². The topological polar surface area (TPSA) is 81.7 Å². The van der Waals surface area contributed by atoms with Crippen molar-refractivity contribution in [1.29, 1.82) is 0 Å². The standard InChI is InChI=1S/C24H28N4O3/c1-15-11-28(12-16(2)31-15)24-25-21-14-27(10-9-19(21)23(30)26-24)13-20-18-6-4-3-5-17(18)7-8-22(20)29/h3-8,15-16,29H,9-14H2,1-2H3,(H,25,26,30)/t15-,16-/m0/s1. The summed E-state index contributed by atoms with van der Waals surface area (Å²) < 4.78 is 5.82. The SMILES string of the molecule is C[C@H]1CN(c2nc3c(c(=O)[nH]2)CCN(Cc2c(O)ccc4ccccc24)C3)C[C@H](C)O1. The molecule has 0 unspecified atom stereocenters. The fourth-order valence-electron chi connectivity index (χ4n) is 4.83. The number of aromatic hydroxyl groups is 1. The second-order valence-electron chi connectivity index (χ2n) is 8.72. The Morgan fingerprint density at radius 1 is 1.16 bits per heavy atom. The van der Waals surface area contributed by atoms with E-state index in [0.717, 1.165) is 34.1 Å². The van der Waals surface area contributed by atoms with Gasteiger partial charge in [0.25, 0.3) is 5.56 Å². The molecule has 2 aliphatic rings. The van der Waals surface area contributed by atoms with Gasteiger partial charge in [-0.2, -0.15) is 0 Å². The monoisotopic (exact) mass is 420 g/mol. The highest BCUT2D eigenvalue weighted by atomic mass is 16.5. The molecule has 2 atom stereocenters. The van der Waals surface area contributed by atoms with Gasteiger partial charge in [0.05, 0.1) is 17.9 Å². The Bertz CT molecular complexity index is 1170. The molecule has 7 nitrogen and oxygen atoms in total. The molecule has 0 saturated carbocycles. The Morgan fingerprint density at radius 3 is 2.74 bits per heavy atom. The zero-order valence-corrected chi connectivity index (χ0v) is 18.0. The Labute approximate surface area is 181 Å². The van der Waals surface area contributed by atoms with E-state index in [1.165, 1.54) is 0 Å². The van der Waals surface area contributed by atoms with Crippen LogP contribution in [0.4, 0.5) is 5.95 Å². The van der Waals surface area contributed by atoms with Crippen LogP contribution in [0.15, 0.2) is 41.2 Å². The summed E-state index contributed by atoms with van der Waals surface area (Å²) in [5.74, 6) is 0.931. The quantitative estimate of drug-likeness (QED) is 0.678. The number of hydrogen-bond donors (Lipinski definition) is 2. The number of benzene rings is 2. The predicted octanol–water partition coefficient (Wildman–Crippen LogP) is 2.80. The van der Waals surface area contributed by atoms with E-state index in [1.54, 1.807) is 6.07 Å². The predicted molar refractivity (Wildman–Crippen MR) is 121 cm³/mol. The number of anilines is 1. The van der Waals surface area contributed by atoms with E-state index in [0.29, 0.717) is 44.3 Å². The third kappa shape index (κ3) is 3.91. The van der Waals surface area contributed by atoms with E-state index in [4.69, 9.17) is 9.72 Å². The highest BCUT2D eigenvalue weighted by Crippen LogP contribution is 2.30. The zero-order valence-electron chi connectivity index (χ0n) is 18.0. The summed E-state index contributed by atoms with van der Waals surface area (Å²) in [5.41, 5.74) is 2.48. The third-order valence-electron chi connectivity index (χ3n) is 6.26. The maximum Gasteiger partial charge on any atom is 0.255 e. The molecular weight excluding hydrogens is 392 g/mol. The second-order valence-corrected chi connectivity index (χ2v) is 8.72.